The summed E-state index contributed by atoms with van der Waals surface area (Å²) in [6.45, 7) is 4.78. The Hall–Kier alpha value is -2.76. The number of hydrogen-bond acceptors (Lipinski definition) is 4. The highest BCUT2D eigenvalue weighted by Gasteiger charge is 2.11. The van der Waals surface area contributed by atoms with E-state index < -0.39 is 0 Å². The predicted octanol–water partition coefficient (Wildman–Crippen LogP) is 6.00. The van der Waals surface area contributed by atoms with Crippen LogP contribution in [0.25, 0.3) is 6.08 Å². The number of nitrogens with zero attached hydrogens (tertiary/aromatic N) is 2. The van der Waals surface area contributed by atoms with Gasteiger partial charge in [-0.25, -0.2) is 0 Å². The molecule has 0 spiro atoms. The summed E-state index contributed by atoms with van der Waals surface area (Å²) in [6, 6.07) is 10.7. The van der Waals surface area contributed by atoms with E-state index in [1.807, 2.05) is 32.0 Å². The zero-order valence-corrected chi connectivity index (χ0v) is 18.5. The summed E-state index contributed by atoms with van der Waals surface area (Å²) in [5.41, 5.74) is 3.00. The fourth-order valence-corrected chi connectivity index (χ4v) is 3.41. The van der Waals surface area contributed by atoms with Crippen LogP contribution in [0, 0.1) is 6.92 Å². The van der Waals surface area contributed by atoms with Gasteiger partial charge in [-0.1, -0.05) is 35.3 Å². The monoisotopic (exact) mass is 444 g/mol. The van der Waals surface area contributed by atoms with E-state index in [4.69, 9.17) is 32.7 Å². The summed E-state index contributed by atoms with van der Waals surface area (Å²) in [5.74, 6) is 1.13. The molecule has 0 fully saturated rings. The molecule has 30 heavy (non-hydrogen) atoms. The van der Waals surface area contributed by atoms with Crippen molar-refractivity contribution in [1.29, 1.82) is 0 Å². The molecule has 3 aromatic rings. The fourth-order valence-electron chi connectivity index (χ4n) is 2.95. The van der Waals surface area contributed by atoms with Crippen molar-refractivity contribution in [3.8, 4) is 11.5 Å². The van der Waals surface area contributed by atoms with Crippen molar-refractivity contribution in [3.05, 3.63) is 81.1 Å². The average Bonchev–Trinajstić information content (AvgIpc) is 3.12. The molecule has 3 rings (SSSR count). The number of ketones is 1. The summed E-state index contributed by atoms with van der Waals surface area (Å²) in [5, 5.41) is 5.30. The van der Waals surface area contributed by atoms with Crippen molar-refractivity contribution < 1.29 is 14.3 Å². The lowest BCUT2D eigenvalue weighted by Gasteiger charge is -2.12. The lowest BCUT2D eigenvalue weighted by atomic mass is 10.1. The maximum atomic E-state index is 12.5. The summed E-state index contributed by atoms with van der Waals surface area (Å²) in [4.78, 5) is 12.5. The molecule has 0 unspecified atom stereocenters. The van der Waals surface area contributed by atoms with Crippen molar-refractivity contribution >= 4 is 35.1 Å². The highest BCUT2D eigenvalue weighted by atomic mass is 35.5. The van der Waals surface area contributed by atoms with Gasteiger partial charge in [0.1, 0.15) is 18.1 Å². The molecule has 0 saturated carbocycles. The predicted molar refractivity (Wildman–Crippen MR) is 120 cm³/mol. The molecular weight excluding hydrogens is 423 g/mol. The van der Waals surface area contributed by atoms with E-state index in [9.17, 15) is 4.79 Å². The van der Waals surface area contributed by atoms with E-state index >= 15 is 0 Å². The largest absolute Gasteiger partial charge is 0.496 e. The maximum absolute atomic E-state index is 12.5. The Bertz CT molecular complexity index is 1090. The van der Waals surface area contributed by atoms with Gasteiger partial charge in [0.15, 0.2) is 5.78 Å². The van der Waals surface area contributed by atoms with Gasteiger partial charge in [0.2, 0.25) is 0 Å². The molecule has 0 N–H and O–H groups in total. The minimum atomic E-state index is -0.0891. The molecule has 1 aromatic heterocycles. The topological polar surface area (TPSA) is 53.4 Å². The number of methoxy groups -OCH3 is 1. The van der Waals surface area contributed by atoms with Crippen LogP contribution in [0.1, 0.15) is 34.1 Å². The molecule has 7 heteroatoms. The molecule has 5 nitrogen and oxygen atoms in total. The third-order valence-corrected chi connectivity index (χ3v) is 5.07. The van der Waals surface area contributed by atoms with E-state index in [-0.39, 0.29) is 12.4 Å². The average molecular weight is 445 g/mol. The molecule has 0 aliphatic rings. The van der Waals surface area contributed by atoms with Crippen LogP contribution in [-0.2, 0) is 13.2 Å². The number of allylic oxidation sites excluding steroid dienone is 1. The number of carbonyl (C=O) groups excluding carboxylic acids is 1. The molecule has 156 valence electrons. The number of halogens is 2. The molecule has 0 aliphatic heterocycles. The number of rotatable bonds is 8. The second-order valence-corrected chi connectivity index (χ2v) is 7.46. The number of hydrogen-bond donors (Lipinski definition) is 0. The Morgan fingerprint density at radius 1 is 1.17 bits per heavy atom. The van der Waals surface area contributed by atoms with Crippen LogP contribution in [0.4, 0.5) is 0 Å². The van der Waals surface area contributed by atoms with Crippen LogP contribution in [0.15, 0.2) is 48.7 Å². The zero-order chi connectivity index (χ0) is 21.7. The van der Waals surface area contributed by atoms with Crippen LogP contribution in [0.3, 0.4) is 0 Å². The molecule has 0 radical (unpaired) electrons. The Kier molecular flexibility index (Phi) is 7.19. The molecule has 0 aliphatic carbocycles. The molecular formula is C23H22Cl2N2O3. The van der Waals surface area contributed by atoms with Crippen molar-refractivity contribution in [2.24, 2.45) is 0 Å². The SMILES string of the molecule is CCn1cc(C(=O)/C=C/c2ccc(OC)c(COc3ccc(Cl)cc3Cl)c2)c(C)n1. The quantitative estimate of drug-likeness (QED) is 0.315. The minimum absolute atomic E-state index is 0.0891. The standard InChI is InChI=1S/C23H22Cl2N2O3/c1-4-27-13-19(15(2)26-27)21(28)8-5-16-6-9-22(29-3)17(11-16)14-30-23-10-7-18(24)12-20(23)25/h5-13H,4,14H2,1-3H3/b8-5+. The highest BCUT2D eigenvalue weighted by Crippen LogP contribution is 2.29. The van der Waals surface area contributed by atoms with Crippen molar-refractivity contribution in [1.82, 2.24) is 9.78 Å². The van der Waals surface area contributed by atoms with Gasteiger partial charge in [-0.3, -0.25) is 9.48 Å². The van der Waals surface area contributed by atoms with E-state index in [0.717, 1.165) is 23.4 Å². The summed E-state index contributed by atoms with van der Waals surface area (Å²) >= 11 is 12.1. The molecule has 0 saturated heterocycles. The Labute approximate surface area is 185 Å². The lowest BCUT2D eigenvalue weighted by molar-refractivity contribution is 0.104. The third kappa shape index (κ3) is 5.23. The lowest BCUT2D eigenvalue weighted by Crippen LogP contribution is -2.00. The van der Waals surface area contributed by atoms with Gasteiger partial charge in [-0.15, -0.1) is 0 Å². The van der Waals surface area contributed by atoms with Gasteiger partial charge in [0, 0.05) is 23.3 Å². The van der Waals surface area contributed by atoms with Crippen LogP contribution < -0.4 is 9.47 Å². The van der Waals surface area contributed by atoms with E-state index in [0.29, 0.717) is 27.1 Å². The second-order valence-electron chi connectivity index (χ2n) is 6.62. The van der Waals surface area contributed by atoms with Crippen LogP contribution in [0.5, 0.6) is 11.5 Å². The smallest absolute Gasteiger partial charge is 0.189 e. The number of carbonyl (C=O) groups is 1. The van der Waals surface area contributed by atoms with Crippen molar-refractivity contribution in [3.63, 3.8) is 0 Å². The van der Waals surface area contributed by atoms with Gasteiger partial charge in [0.25, 0.3) is 0 Å². The molecule has 2 aromatic carbocycles. The van der Waals surface area contributed by atoms with Gasteiger partial charge in [-0.05, 0) is 55.8 Å². The number of ether oxygens (including phenoxy) is 2. The first-order valence-corrected chi connectivity index (χ1v) is 10.2. The minimum Gasteiger partial charge on any atom is -0.496 e. The highest BCUT2D eigenvalue weighted by molar-refractivity contribution is 6.35. The third-order valence-electron chi connectivity index (χ3n) is 4.54. The maximum Gasteiger partial charge on any atom is 0.189 e. The van der Waals surface area contributed by atoms with Gasteiger partial charge in [0.05, 0.1) is 23.4 Å². The summed E-state index contributed by atoms with van der Waals surface area (Å²) in [7, 11) is 1.60. The van der Waals surface area contributed by atoms with Crippen molar-refractivity contribution in [2.45, 2.75) is 27.0 Å². The van der Waals surface area contributed by atoms with Crippen molar-refractivity contribution in [2.75, 3.05) is 7.11 Å². The molecule has 0 atom stereocenters. The fraction of sp³-hybridized carbons (Fsp3) is 0.217. The van der Waals surface area contributed by atoms with Gasteiger partial charge in [-0.2, -0.15) is 5.10 Å². The first-order valence-electron chi connectivity index (χ1n) is 9.42. The van der Waals surface area contributed by atoms with E-state index in [2.05, 4.69) is 5.10 Å². The number of aryl methyl sites for hydroxylation is 2. The Morgan fingerprint density at radius 2 is 1.93 bits per heavy atom. The summed E-state index contributed by atoms with van der Waals surface area (Å²) < 4.78 is 13.0. The van der Waals surface area contributed by atoms with Crippen LogP contribution in [0.2, 0.25) is 10.0 Å². The Balaban J connectivity index is 1.77. The first-order chi connectivity index (χ1) is 14.4. The van der Waals surface area contributed by atoms with Gasteiger partial charge < -0.3 is 9.47 Å². The van der Waals surface area contributed by atoms with Crippen LogP contribution in [-0.4, -0.2) is 22.7 Å². The molecule has 1 heterocycles. The molecule has 0 bridgehead atoms. The van der Waals surface area contributed by atoms with Gasteiger partial charge >= 0.3 is 0 Å². The van der Waals surface area contributed by atoms with Crippen LogP contribution >= 0.6 is 23.2 Å². The first kappa shape index (κ1) is 21.9. The normalized spacial score (nSPS) is 11.1. The molecule has 0 amide bonds. The number of aromatic nitrogens is 2. The Morgan fingerprint density at radius 3 is 2.60 bits per heavy atom. The summed E-state index contributed by atoms with van der Waals surface area (Å²) in [6.07, 6.45) is 5.08. The van der Waals surface area contributed by atoms with E-state index in [1.54, 1.807) is 48.3 Å². The zero-order valence-electron chi connectivity index (χ0n) is 17.0. The van der Waals surface area contributed by atoms with E-state index in [1.165, 1.54) is 0 Å². The number of benzene rings is 2. The second kappa shape index (κ2) is 9.83.